The average molecular weight is 240 g/mol. The van der Waals surface area contributed by atoms with Crippen molar-refractivity contribution in [1.82, 2.24) is 10.3 Å². The molecule has 0 saturated carbocycles. The van der Waals surface area contributed by atoms with E-state index in [0.29, 0.717) is 0 Å². The molecule has 0 radical (unpaired) electrons. The van der Waals surface area contributed by atoms with Gasteiger partial charge in [-0.25, -0.2) is 0 Å². The maximum absolute atomic E-state index is 4.61. The molecular formula is C16H20N2. The third kappa shape index (κ3) is 2.59. The predicted octanol–water partition coefficient (Wildman–Crippen LogP) is 3.32. The lowest BCUT2D eigenvalue weighted by Gasteiger charge is -2.17. The average Bonchev–Trinajstić information content (AvgIpc) is 2.35. The number of hydrogen-bond donors (Lipinski definition) is 1. The molecule has 1 atom stereocenters. The Balaban J connectivity index is 2.42. The van der Waals surface area contributed by atoms with E-state index in [1.807, 2.05) is 20.0 Å². The fourth-order valence-corrected chi connectivity index (χ4v) is 2.15. The standard InChI is InChI=1S/C16H20N2/c1-11-8-9-14(10-12(11)2)16(17-4)15-7-5-6-13(3)18-15/h5-10,16-17H,1-4H3. The van der Waals surface area contributed by atoms with Crippen LogP contribution in [0, 0.1) is 20.8 Å². The van der Waals surface area contributed by atoms with Gasteiger partial charge in [0.05, 0.1) is 11.7 Å². The molecule has 0 amide bonds. The van der Waals surface area contributed by atoms with Gasteiger partial charge < -0.3 is 5.32 Å². The molecule has 2 heteroatoms. The highest BCUT2D eigenvalue weighted by molar-refractivity contribution is 5.35. The fourth-order valence-electron chi connectivity index (χ4n) is 2.15. The SMILES string of the molecule is CNC(c1ccc(C)c(C)c1)c1cccc(C)n1. The van der Waals surface area contributed by atoms with Crippen LogP contribution in [0.5, 0.6) is 0 Å². The van der Waals surface area contributed by atoms with Gasteiger partial charge in [-0.3, -0.25) is 4.98 Å². The first-order valence-electron chi connectivity index (χ1n) is 6.30. The molecule has 1 heterocycles. The van der Waals surface area contributed by atoms with Crippen LogP contribution in [0.2, 0.25) is 0 Å². The number of aromatic nitrogens is 1. The molecule has 1 aromatic heterocycles. The van der Waals surface area contributed by atoms with E-state index in [0.717, 1.165) is 11.4 Å². The predicted molar refractivity (Wildman–Crippen MR) is 75.8 cm³/mol. The highest BCUT2D eigenvalue weighted by atomic mass is 14.9. The first-order valence-corrected chi connectivity index (χ1v) is 6.30. The first kappa shape index (κ1) is 12.8. The quantitative estimate of drug-likeness (QED) is 0.890. The van der Waals surface area contributed by atoms with Crippen LogP contribution in [0.4, 0.5) is 0 Å². The minimum absolute atomic E-state index is 0.157. The molecule has 18 heavy (non-hydrogen) atoms. The highest BCUT2D eigenvalue weighted by Crippen LogP contribution is 2.22. The number of benzene rings is 1. The topological polar surface area (TPSA) is 24.9 Å². The summed E-state index contributed by atoms with van der Waals surface area (Å²) in [7, 11) is 1.98. The third-order valence-corrected chi connectivity index (χ3v) is 3.36. The number of nitrogens with zero attached hydrogens (tertiary/aromatic N) is 1. The zero-order chi connectivity index (χ0) is 13.1. The number of aryl methyl sites for hydroxylation is 3. The van der Waals surface area contributed by atoms with Crippen molar-refractivity contribution in [3.8, 4) is 0 Å². The number of rotatable bonds is 3. The Morgan fingerprint density at radius 3 is 2.39 bits per heavy atom. The molecular weight excluding hydrogens is 220 g/mol. The van der Waals surface area contributed by atoms with Gasteiger partial charge in [0, 0.05) is 5.69 Å². The van der Waals surface area contributed by atoms with Crippen molar-refractivity contribution in [3.63, 3.8) is 0 Å². The maximum Gasteiger partial charge on any atom is 0.0749 e. The molecule has 2 nitrogen and oxygen atoms in total. The summed E-state index contributed by atoms with van der Waals surface area (Å²) in [6, 6.07) is 12.9. The van der Waals surface area contributed by atoms with Crippen molar-refractivity contribution >= 4 is 0 Å². The van der Waals surface area contributed by atoms with Gasteiger partial charge >= 0.3 is 0 Å². The normalized spacial score (nSPS) is 12.4. The van der Waals surface area contributed by atoms with Crippen LogP contribution in [-0.4, -0.2) is 12.0 Å². The van der Waals surface area contributed by atoms with E-state index in [2.05, 4.69) is 54.5 Å². The van der Waals surface area contributed by atoms with E-state index in [9.17, 15) is 0 Å². The van der Waals surface area contributed by atoms with Gasteiger partial charge in [-0.1, -0.05) is 24.3 Å². The zero-order valence-corrected chi connectivity index (χ0v) is 11.5. The van der Waals surface area contributed by atoms with Gasteiger partial charge in [0.2, 0.25) is 0 Å². The van der Waals surface area contributed by atoms with E-state index in [4.69, 9.17) is 0 Å². The zero-order valence-electron chi connectivity index (χ0n) is 11.5. The van der Waals surface area contributed by atoms with Crippen LogP contribution in [-0.2, 0) is 0 Å². The van der Waals surface area contributed by atoms with Crippen LogP contribution in [0.15, 0.2) is 36.4 Å². The van der Waals surface area contributed by atoms with Gasteiger partial charge in [-0.2, -0.15) is 0 Å². The molecule has 0 bridgehead atoms. The monoisotopic (exact) mass is 240 g/mol. The van der Waals surface area contributed by atoms with Crippen molar-refractivity contribution < 1.29 is 0 Å². The molecule has 94 valence electrons. The Hall–Kier alpha value is -1.67. The lowest BCUT2D eigenvalue weighted by Crippen LogP contribution is -2.19. The number of hydrogen-bond acceptors (Lipinski definition) is 2. The summed E-state index contributed by atoms with van der Waals surface area (Å²) in [6.07, 6.45) is 0. The summed E-state index contributed by atoms with van der Waals surface area (Å²) in [4.78, 5) is 4.61. The van der Waals surface area contributed by atoms with Crippen molar-refractivity contribution in [2.75, 3.05) is 7.05 Å². The number of nitrogens with one attached hydrogen (secondary N) is 1. The highest BCUT2D eigenvalue weighted by Gasteiger charge is 2.13. The Morgan fingerprint density at radius 2 is 1.78 bits per heavy atom. The van der Waals surface area contributed by atoms with E-state index >= 15 is 0 Å². The van der Waals surface area contributed by atoms with Gasteiger partial charge in [0.25, 0.3) is 0 Å². The molecule has 2 rings (SSSR count). The van der Waals surface area contributed by atoms with E-state index in [1.54, 1.807) is 0 Å². The lowest BCUT2D eigenvalue weighted by atomic mass is 9.98. The van der Waals surface area contributed by atoms with E-state index in [-0.39, 0.29) is 6.04 Å². The summed E-state index contributed by atoms with van der Waals surface area (Å²) >= 11 is 0. The van der Waals surface area contributed by atoms with Gasteiger partial charge in [0.15, 0.2) is 0 Å². The Kier molecular flexibility index (Phi) is 3.78. The van der Waals surface area contributed by atoms with Crippen LogP contribution >= 0.6 is 0 Å². The van der Waals surface area contributed by atoms with Crippen LogP contribution < -0.4 is 5.32 Å². The lowest BCUT2D eigenvalue weighted by molar-refractivity contribution is 0.668. The number of pyridine rings is 1. The Morgan fingerprint density at radius 1 is 1.00 bits per heavy atom. The second-order valence-corrected chi connectivity index (χ2v) is 4.77. The third-order valence-electron chi connectivity index (χ3n) is 3.36. The summed E-state index contributed by atoms with van der Waals surface area (Å²) in [5.41, 5.74) is 6.03. The van der Waals surface area contributed by atoms with E-state index < -0.39 is 0 Å². The summed E-state index contributed by atoms with van der Waals surface area (Å²) in [6.45, 7) is 6.31. The van der Waals surface area contributed by atoms with Crippen molar-refractivity contribution in [2.24, 2.45) is 0 Å². The van der Waals surface area contributed by atoms with Crippen molar-refractivity contribution in [1.29, 1.82) is 0 Å². The summed E-state index contributed by atoms with van der Waals surface area (Å²) in [5, 5.41) is 3.35. The molecule has 1 N–H and O–H groups in total. The second kappa shape index (κ2) is 5.32. The molecule has 0 spiro atoms. The molecule has 2 aromatic rings. The molecule has 0 aliphatic heterocycles. The fraction of sp³-hybridized carbons (Fsp3) is 0.312. The maximum atomic E-state index is 4.61. The smallest absolute Gasteiger partial charge is 0.0749 e. The van der Waals surface area contributed by atoms with Gasteiger partial charge in [-0.05, 0) is 56.6 Å². The van der Waals surface area contributed by atoms with Crippen molar-refractivity contribution in [3.05, 3.63) is 64.5 Å². The minimum Gasteiger partial charge on any atom is -0.308 e. The minimum atomic E-state index is 0.157. The molecule has 0 aliphatic carbocycles. The largest absolute Gasteiger partial charge is 0.308 e. The van der Waals surface area contributed by atoms with Crippen LogP contribution in [0.25, 0.3) is 0 Å². The van der Waals surface area contributed by atoms with Gasteiger partial charge in [-0.15, -0.1) is 0 Å². The Labute approximate surface area is 109 Å². The van der Waals surface area contributed by atoms with Crippen LogP contribution in [0.3, 0.4) is 0 Å². The molecule has 1 unspecified atom stereocenters. The molecule has 0 aliphatic rings. The molecule has 0 fully saturated rings. The molecule has 0 saturated heterocycles. The molecule has 1 aromatic carbocycles. The first-order chi connectivity index (χ1) is 8.61. The van der Waals surface area contributed by atoms with Gasteiger partial charge in [0.1, 0.15) is 0 Å². The summed E-state index contributed by atoms with van der Waals surface area (Å²) in [5.74, 6) is 0. The Bertz CT molecular complexity index is 547. The van der Waals surface area contributed by atoms with E-state index in [1.165, 1.54) is 16.7 Å². The second-order valence-electron chi connectivity index (χ2n) is 4.77. The van der Waals surface area contributed by atoms with Crippen molar-refractivity contribution in [2.45, 2.75) is 26.8 Å². The van der Waals surface area contributed by atoms with Crippen LogP contribution in [0.1, 0.15) is 34.1 Å². The summed E-state index contributed by atoms with van der Waals surface area (Å²) < 4.78 is 0.